The second-order valence-electron chi connectivity index (χ2n) is 10.4. The topological polar surface area (TPSA) is 96.7 Å². The highest BCUT2D eigenvalue weighted by Gasteiger charge is 2.70. The Kier molecular flexibility index (Phi) is 5.12. The van der Waals surface area contributed by atoms with E-state index in [1.54, 1.807) is 34.0 Å². The molecule has 1 aromatic carbocycles. The number of alkyl halides is 2. The number of amides is 2. The Labute approximate surface area is 205 Å². The maximum Gasteiger partial charge on any atom is 0.261 e. The van der Waals surface area contributed by atoms with Crippen LogP contribution in [-0.2, 0) is 10.3 Å². The Balaban J connectivity index is 1.03. The third kappa shape index (κ3) is 3.78. The molecule has 8 nitrogen and oxygen atoms in total. The van der Waals surface area contributed by atoms with Crippen molar-refractivity contribution in [2.75, 3.05) is 13.1 Å². The minimum absolute atomic E-state index is 0.143. The van der Waals surface area contributed by atoms with E-state index >= 15 is 0 Å². The molecule has 2 bridgehead atoms. The van der Waals surface area contributed by atoms with Gasteiger partial charge in [0.25, 0.3) is 11.8 Å². The SMILES string of the molecule is O=C(NC12CC(n3cc(C(=O)N4CC(CC(F)F)C4)cn3)(C1)C2)[C@H]1C[C@@H](O)c2cc(Cl)ccc2O1. The molecule has 7 rings (SSSR count). The molecule has 4 fully saturated rings. The van der Waals surface area contributed by atoms with Gasteiger partial charge in [-0.15, -0.1) is 0 Å². The lowest BCUT2D eigenvalue weighted by Gasteiger charge is -2.70. The summed E-state index contributed by atoms with van der Waals surface area (Å²) in [5.74, 6) is -0.134. The first-order chi connectivity index (χ1) is 16.7. The molecule has 35 heavy (non-hydrogen) atoms. The van der Waals surface area contributed by atoms with E-state index < -0.39 is 18.6 Å². The van der Waals surface area contributed by atoms with E-state index in [2.05, 4.69) is 10.4 Å². The molecule has 2 N–H and O–H groups in total. The highest BCUT2D eigenvalue weighted by Crippen LogP contribution is 2.65. The van der Waals surface area contributed by atoms with Gasteiger partial charge in [-0.25, -0.2) is 8.78 Å². The van der Waals surface area contributed by atoms with Crippen molar-refractivity contribution in [2.24, 2.45) is 5.92 Å². The number of likely N-dealkylation sites (tertiary alicyclic amines) is 1. The van der Waals surface area contributed by atoms with Crippen molar-refractivity contribution in [2.45, 2.75) is 61.8 Å². The summed E-state index contributed by atoms with van der Waals surface area (Å²) in [7, 11) is 0. The van der Waals surface area contributed by atoms with Gasteiger partial charge in [0.15, 0.2) is 6.10 Å². The molecular weight excluding hydrogens is 482 g/mol. The molecule has 11 heteroatoms. The number of carbonyl (C=O) groups excluding carboxylic acids is 2. The lowest BCUT2D eigenvalue weighted by atomic mass is 9.44. The van der Waals surface area contributed by atoms with Crippen LogP contribution in [0.5, 0.6) is 5.75 Å². The van der Waals surface area contributed by atoms with E-state index in [0.717, 1.165) is 0 Å². The molecule has 1 saturated heterocycles. The first-order valence-corrected chi connectivity index (χ1v) is 12.1. The molecule has 1 aromatic heterocycles. The van der Waals surface area contributed by atoms with Crippen LogP contribution in [0.15, 0.2) is 30.6 Å². The monoisotopic (exact) mass is 506 g/mol. The van der Waals surface area contributed by atoms with E-state index in [1.165, 1.54) is 6.20 Å². The molecule has 0 unspecified atom stereocenters. The summed E-state index contributed by atoms with van der Waals surface area (Å²) in [4.78, 5) is 27.1. The number of hydrogen-bond donors (Lipinski definition) is 2. The average molecular weight is 507 g/mol. The highest BCUT2D eigenvalue weighted by molar-refractivity contribution is 6.30. The number of hydrogen-bond acceptors (Lipinski definition) is 5. The van der Waals surface area contributed by atoms with Gasteiger partial charge >= 0.3 is 0 Å². The first kappa shape index (κ1) is 22.7. The zero-order valence-corrected chi connectivity index (χ0v) is 19.5. The van der Waals surface area contributed by atoms with Crippen molar-refractivity contribution < 1.29 is 28.2 Å². The van der Waals surface area contributed by atoms with Crippen molar-refractivity contribution in [1.82, 2.24) is 20.0 Å². The molecule has 3 saturated carbocycles. The molecule has 2 amide bonds. The van der Waals surface area contributed by atoms with E-state index in [9.17, 15) is 23.5 Å². The minimum atomic E-state index is -2.35. The first-order valence-electron chi connectivity index (χ1n) is 11.7. The molecule has 2 atom stereocenters. The molecule has 186 valence electrons. The number of carbonyl (C=O) groups is 2. The van der Waals surface area contributed by atoms with Gasteiger partial charge in [0.1, 0.15) is 5.75 Å². The van der Waals surface area contributed by atoms with Gasteiger partial charge in [0, 0.05) is 48.3 Å². The van der Waals surface area contributed by atoms with Crippen molar-refractivity contribution in [1.29, 1.82) is 0 Å². The largest absolute Gasteiger partial charge is 0.480 e. The fourth-order valence-corrected chi connectivity index (χ4v) is 6.22. The molecule has 5 aliphatic rings. The quantitative estimate of drug-likeness (QED) is 0.628. The van der Waals surface area contributed by atoms with Crippen LogP contribution in [0.4, 0.5) is 8.78 Å². The maximum atomic E-state index is 12.9. The zero-order chi connectivity index (χ0) is 24.5. The summed E-state index contributed by atoms with van der Waals surface area (Å²) in [5, 5.41) is 18.4. The number of rotatable bonds is 6. The van der Waals surface area contributed by atoms with Gasteiger partial charge in [-0.05, 0) is 43.4 Å². The summed E-state index contributed by atoms with van der Waals surface area (Å²) in [5.41, 5.74) is 0.473. The number of benzene rings is 1. The number of aromatic nitrogens is 2. The third-order valence-corrected chi connectivity index (χ3v) is 8.03. The van der Waals surface area contributed by atoms with Crippen LogP contribution in [0.2, 0.25) is 5.02 Å². The fraction of sp³-hybridized carbons (Fsp3) is 0.542. The van der Waals surface area contributed by atoms with Gasteiger partial charge in [-0.1, -0.05) is 11.6 Å². The van der Waals surface area contributed by atoms with Crippen LogP contribution in [0, 0.1) is 5.92 Å². The van der Waals surface area contributed by atoms with Gasteiger partial charge in [0.2, 0.25) is 6.43 Å². The van der Waals surface area contributed by atoms with Crippen LogP contribution in [0.3, 0.4) is 0 Å². The van der Waals surface area contributed by atoms with Gasteiger partial charge < -0.3 is 20.1 Å². The van der Waals surface area contributed by atoms with Crippen molar-refractivity contribution in [3.05, 3.63) is 46.7 Å². The van der Waals surface area contributed by atoms with Gasteiger partial charge in [-0.3, -0.25) is 14.3 Å². The number of fused-ring (bicyclic) bond motifs is 1. The standard InChI is InChI=1S/C24H25ClF2N4O4/c25-15-1-2-18-16(4-15)17(32)5-19(35-18)21(33)29-23-10-24(11-23,12-23)31-9-14(6-28-31)22(34)30-7-13(8-30)3-20(26)27/h1-2,4,6,9,13,17,19-20,32H,3,5,7-8,10-12H2,(H,29,33)/t17-,19-,23?,24?/m1/s1. The molecule has 2 aromatic rings. The van der Waals surface area contributed by atoms with E-state index in [0.29, 0.717) is 54.3 Å². The summed E-state index contributed by atoms with van der Waals surface area (Å²) < 4.78 is 32.6. The number of nitrogens with one attached hydrogen (secondary N) is 1. The Morgan fingerprint density at radius 3 is 2.74 bits per heavy atom. The second kappa shape index (κ2) is 7.89. The van der Waals surface area contributed by atoms with E-state index in [4.69, 9.17) is 16.3 Å². The predicted molar refractivity (Wildman–Crippen MR) is 120 cm³/mol. The Hall–Kier alpha value is -2.72. The number of ether oxygens (including phenoxy) is 1. The molecule has 0 spiro atoms. The van der Waals surface area contributed by atoms with Crippen molar-refractivity contribution in [3.8, 4) is 5.75 Å². The van der Waals surface area contributed by atoms with Crippen LogP contribution in [0.1, 0.15) is 54.1 Å². The summed E-state index contributed by atoms with van der Waals surface area (Å²) >= 11 is 5.99. The van der Waals surface area contributed by atoms with Gasteiger partial charge in [0.05, 0.1) is 23.4 Å². The molecule has 3 aliphatic carbocycles. The fourth-order valence-electron chi connectivity index (χ4n) is 6.04. The van der Waals surface area contributed by atoms with Gasteiger partial charge in [-0.2, -0.15) is 5.10 Å². The van der Waals surface area contributed by atoms with Crippen LogP contribution < -0.4 is 10.1 Å². The van der Waals surface area contributed by atoms with Crippen LogP contribution in [-0.4, -0.2) is 62.8 Å². The minimum Gasteiger partial charge on any atom is -0.480 e. The Bertz CT molecular complexity index is 1180. The van der Waals surface area contributed by atoms with Crippen LogP contribution in [0.25, 0.3) is 0 Å². The predicted octanol–water partition coefficient (Wildman–Crippen LogP) is 2.90. The number of nitrogens with zero attached hydrogens (tertiary/aromatic N) is 3. The summed E-state index contributed by atoms with van der Waals surface area (Å²) in [6, 6.07) is 4.96. The number of aliphatic hydroxyl groups is 1. The highest BCUT2D eigenvalue weighted by atomic mass is 35.5. The molecule has 3 heterocycles. The third-order valence-electron chi connectivity index (χ3n) is 7.79. The smallest absolute Gasteiger partial charge is 0.261 e. The average Bonchev–Trinajstić information content (AvgIpc) is 3.21. The maximum absolute atomic E-state index is 12.9. The lowest BCUT2D eigenvalue weighted by Crippen LogP contribution is -2.79. The summed E-state index contributed by atoms with van der Waals surface area (Å²) in [6.45, 7) is 0.703. The molecular formula is C24H25ClF2N4O4. The van der Waals surface area contributed by atoms with E-state index in [-0.39, 0.29) is 41.7 Å². The van der Waals surface area contributed by atoms with E-state index in [1.807, 2.05) is 0 Å². The second-order valence-corrected chi connectivity index (χ2v) is 10.9. The molecule has 2 aliphatic heterocycles. The molecule has 0 radical (unpaired) electrons. The van der Waals surface area contributed by atoms with Crippen molar-refractivity contribution >= 4 is 23.4 Å². The lowest BCUT2D eigenvalue weighted by molar-refractivity contribution is -0.165. The Morgan fingerprint density at radius 1 is 1.29 bits per heavy atom. The Morgan fingerprint density at radius 2 is 2.03 bits per heavy atom. The normalized spacial score (nSPS) is 31.1. The summed E-state index contributed by atoms with van der Waals surface area (Å²) in [6.07, 6.45) is 1.35. The number of aliphatic hydroxyl groups excluding tert-OH is 1. The van der Waals surface area contributed by atoms with Crippen molar-refractivity contribution in [3.63, 3.8) is 0 Å². The number of halogens is 3. The van der Waals surface area contributed by atoms with Crippen LogP contribution >= 0.6 is 11.6 Å². The zero-order valence-electron chi connectivity index (χ0n) is 18.8.